The van der Waals surface area contributed by atoms with Crippen molar-refractivity contribution in [1.29, 1.82) is 0 Å². The van der Waals surface area contributed by atoms with Crippen LogP contribution in [0.5, 0.6) is 0 Å². The molecule has 53 valence electrons. The molecule has 1 aromatic rings. The molecule has 1 rings (SSSR count). The van der Waals surface area contributed by atoms with E-state index in [0.29, 0.717) is 5.56 Å². The van der Waals surface area contributed by atoms with Crippen LogP contribution in [-0.4, -0.2) is 4.98 Å². The second-order valence-corrected chi connectivity index (χ2v) is 1.89. The first-order valence-corrected chi connectivity index (χ1v) is 2.76. The standard InChI is InChI=1S/C7H6F2N/c1-5-2-3-6(7(8)9)10-4-5/h2-4,7H,1H2. The van der Waals surface area contributed by atoms with E-state index < -0.39 is 6.43 Å². The Morgan fingerprint density at radius 1 is 1.40 bits per heavy atom. The van der Waals surface area contributed by atoms with Gasteiger partial charge < -0.3 is 0 Å². The quantitative estimate of drug-likeness (QED) is 0.585. The van der Waals surface area contributed by atoms with Crippen LogP contribution in [0.15, 0.2) is 18.3 Å². The number of pyridine rings is 1. The maximum absolute atomic E-state index is 11.8. The lowest BCUT2D eigenvalue weighted by Gasteiger charge is -1.96. The summed E-state index contributed by atoms with van der Waals surface area (Å²) in [5.74, 6) is 0. The SMILES string of the molecule is [CH2]c1ccc(C(F)F)nc1. The van der Waals surface area contributed by atoms with E-state index in [1.807, 2.05) is 0 Å². The van der Waals surface area contributed by atoms with E-state index in [0.717, 1.165) is 0 Å². The average molecular weight is 142 g/mol. The van der Waals surface area contributed by atoms with Crippen molar-refractivity contribution in [1.82, 2.24) is 4.98 Å². The van der Waals surface area contributed by atoms with Crippen LogP contribution in [0, 0.1) is 6.92 Å². The van der Waals surface area contributed by atoms with Gasteiger partial charge in [0.1, 0.15) is 5.69 Å². The number of hydrogen-bond donors (Lipinski definition) is 0. The molecular formula is C7H6F2N. The van der Waals surface area contributed by atoms with Crippen LogP contribution < -0.4 is 0 Å². The number of nitrogens with zero attached hydrogens (tertiary/aromatic N) is 1. The first kappa shape index (κ1) is 7.12. The Morgan fingerprint density at radius 2 is 2.10 bits per heavy atom. The topological polar surface area (TPSA) is 12.9 Å². The second-order valence-electron chi connectivity index (χ2n) is 1.89. The molecule has 0 atom stereocenters. The number of aromatic nitrogens is 1. The van der Waals surface area contributed by atoms with Crippen LogP contribution in [0.4, 0.5) is 8.78 Å². The van der Waals surface area contributed by atoms with E-state index in [1.54, 1.807) is 0 Å². The molecule has 0 aliphatic rings. The lowest BCUT2D eigenvalue weighted by Crippen LogP contribution is -1.88. The normalized spacial score (nSPS) is 10.4. The number of rotatable bonds is 1. The Balaban J connectivity index is 2.89. The zero-order chi connectivity index (χ0) is 7.56. The Labute approximate surface area is 57.7 Å². The van der Waals surface area contributed by atoms with Gasteiger partial charge in [0.2, 0.25) is 0 Å². The van der Waals surface area contributed by atoms with Crippen molar-refractivity contribution in [3.8, 4) is 0 Å². The minimum Gasteiger partial charge on any atom is -0.255 e. The molecule has 0 aliphatic carbocycles. The fourth-order valence-corrected chi connectivity index (χ4v) is 0.565. The maximum Gasteiger partial charge on any atom is 0.280 e. The van der Waals surface area contributed by atoms with Crippen molar-refractivity contribution in [3.05, 3.63) is 36.5 Å². The molecular weight excluding hydrogens is 136 g/mol. The minimum atomic E-state index is -2.49. The van der Waals surface area contributed by atoms with Crippen molar-refractivity contribution in [2.45, 2.75) is 6.43 Å². The molecule has 0 spiro atoms. The molecule has 0 amide bonds. The van der Waals surface area contributed by atoms with Crippen LogP contribution in [0.25, 0.3) is 0 Å². The highest BCUT2D eigenvalue weighted by atomic mass is 19.3. The predicted molar refractivity (Wildman–Crippen MR) is 33.7 cm³/mol. The van der Waals surface area contributed by atoms with Gasteiger partial charge in [-0.05, 0) is 18.6 Å². The molecule has 1 aromatic heterocycles. The summed E-state index contributed by atoms with van der Waals surface area (Å²) in [5, 5.41) is 0. The summed E-state index contributed by atoms with van der Waals surface area (Å²) in [6.45, 7) is 3.51. The molecule has 0 bridgehead atoms. The summed E-state index contributed by atoms with van der Waals surface area (Å²) < 4.78 is 23.6. The molecule has 0 saturated heterocycles. The third kappa shape index (κ3) is 1.50. The molecule has 1 nitrogen and oxygen atoms in total. The Kier molecular flexibility index (Phi) is 1.94. The molecule has 10 heavy (non-hydrogen) atoms. The van der Waals surface area contributed by atoms with Crippen LogP contribution in [0.3, 0.4) is 0 Å². The third-order valence-corrected chi connectivity index (χ3v) is 1.07. The van der Waals surface area contributed by atoms with Gasteiger partial charge in [-0.3, -0.25) is 4.98 Å². The van der Waals surface area contributed by atoms with Gasteiger partial charge in [-0.15, -0.1) is 0 Å². The molecule has 1 heterocycles. The Hall–Kier alpha value is -0.990. The molecule has 0 aromatic carbocycles. The van der Waals surface area contributed by atoms with Gasteiger partial charge in [0.05, 0.1) is 0 Å². The first-order valence-electron chi connectivity index (χ1n) is 2.76. The van der Waals surface area contributed by atoms with Crippen molar-refractivity contribution in [3.63, 3.8) is 0 Å². The largest absolute Gasteiger partial charge is 0.280 e. The lowest BCUT2D eigenvalue weighted by atomic mass is 10.3. The van der Waals surface area contributed by atoms with Crippen LogP contribution >= 0.6 is 0 Å². The van der Waals surface area contributed by atoms with Crippen molar-refractivity contribution in [2.75, 3.05) is 0 Å². The molecule has 0 N–H and O–H groups in total. The minimum absolute atomic E-state index is 0.201. The molecule has 1 radical (unpaired) electrons. The van der Waals surface area contributed by atoms with Gasteiger partial charge >= 0.3 is 0 Å². The van der Waals surface area contributed by atoms with Crippen molar-refractivity contribution < 1.29 is 8.78 Å². The summed E-state index contributed by atoms with van der Waals surface area (Å²) in [4.78, 5) is 3.47. The first-order chi connectivity index (χ1) is 4.70. The number of alkyl halides is 2. The van der Waals surface area contributed by atoms with Gasteiger partial charge in [-0.2, -0.15) is 0 Å². The predicted octanol–water partition coefficient (Wildman–Crippen LogP) is 2.20. The van der Waals surface area contributed by atoms with E-state index in [-0.39, 0.29) is 5.69 Å². The summed E-state index contributed by atoms with van der Waals surface area (Å²) >= 11 is 0. The number of halogens is 2. The highest BCUT2D eigenvalue weighted by Gasteiger charge is 2.05. The average Bonchev–Trinajstić information content (AvgIpc) is 1.88. The van der Waals surface area contributed by atoms with E-state index in [9.17, 15) is 8.78 Å². The van der Waals surface area contributed by atoms with Crippen LogP contribution in [0.1, 0.15) is 17.7 Å². The molecule has 0 saturated carbocycles. The Morgan fingerprint density at radius 3 is 2.50 bits per heavy atom. The van der Waals surface area contributed by atoms with Crippen molar-refractivity contribution >= 4 is 0 Å². The van der Waals surface area contributed by atoms with E-state index in [4.69, 9.17) is 0 Å². The summed E-state index contributed by atoms with van der Waals surface area (Å²) in [7, 11) is 0. The number of hydrogen-bond acceptors (Lipinski definition) is 1. The fraction of sp³-hybridized carbons (Fsp3) is 0.143. The molecule has 0 unspecified atom stereocenters. The fourth-order valence-electron chi connectivity index (χ4n) is 0.565. The highest BCUT2D eigenvalue weighted by molar-refractivity contribution is 5.16. The highest BCUT2D eigenvalue weighted by Crippen LogP contribution is 2.15. The maximum atomic E-state index is 11.8. The van der Waals surface area contributed by atoms with E-state index in [2.05, 4.69) is 11.9 Å². The zero-order valence-corrected chi connectivity index (χ0v) is 5.22. The molecule has 0 aliphatic heterocycles. The smallest absolute Gasteiger partial charge is 0.255 e. The summed E-state index contributed by atoms with van der Waals surface area (Å²) in [6.07, 6.45) is -1.16. The third-order valence-electron chi connectivity index (χ3n) is 1.07. The zero-order valence-electron chi connectivity index (χ0n) is 5.22. The van der Waals surface area contributed by atoms with Gasteiger partial charge in [-0.1, -0.05) is 6.07 Å². The molecule has 0 fully saturated rings. The molecule has 3 heteroatoms. The van der Waals surface area contributed by atoms with E-state index >= 15 is 0 Å². The van der Waals surface area contributed by atoms with Crippen LogP contribution in [0.2, 0.25) is 0 Å². The van der Waals surface area contributed by atoms with Crippen molar-refractivity contribution in [2.24, 2.45) is 0 Å². The lowest BCUT2D eigenvalue weighted by molar-refractivity contribution is 0.146. The Bertz CT molecular complexity index is 205. The second kappa shape index (κ2) is 2.73. The summed E-state index contributed by atoms with van der Waals surface area (Å²) in [6, 6.07) is 2.78. The van der Waals surface area contributed by atoms with Gasteiger partial charge in [0.15, 0.2) is 0 Å². The van der Waals surface area contributed by atoms with Gasteiger partial charge in [0, 0.05) is 6.20 Å². The summed E-state index contributed by atoms with van der Waals surface area (Å²) in [5.41, 5.74) is 0.441. The van der Waals surface area contributed by atoms with Crippen LogP contribution in [-0.2, 0) is 0 Å². The van der Waals surface area contributed by atoms with Gasteiger partial charge in [0.25, 0.3) is 6.43 Å². The van der Waals surface area contributed by atoms with E-state index in [1.165, 1.54) is 18.3 Å². The van der Waals surface area contributed by atoms with Gasteiger partial charge in [-0.25, -0.2) is 8.78 Å². The monoisotopic (exact) mass is 142 g/mol.